The van der Waals surface area contributed by atoms with Crippen molar-refractivity contribution in [2.75, 3.05) is 0 Å². The highest BCUT2D eigenvalue weighted by Crippen LogP contribution is 2.30. The molecule has 5 rings (SSSR count). The van der Waals surface area contributed by atoms with Crippen molar-refractivity contribution in [1.82, 2.24) is 9.55 Å². The summed E-state index contributed by atoms with van der Waals surface area (Å²) in [4.78, 5) is 18.0. The highest BCUT2D eigenvalue weighted by molar-refractivity contribution is 6.31. The van der Waals surface area contributed by atoms with Crippen molar-refractivity contribution >= 4 is 28.5 Å². The average molecular weight is 445 g/mol. The van der Waals surface area contributed by atoms with Crippen molar-refractivity contribution in [3.63, 3.8) is 0 Å². The van der Waals surface area contributed by atoms with E-state index in [9.17, 15) is 13.6 Å². The average Bonchev–Trinajstić information content (AvgIpc) is 3.19. The zero-order chi connectivity index (χ0) is 22.2. The van der Waals surface area contributed by atoms with Gasteiger partial charge in [-0.15, -0.1) is 0 Å². The Kier molecular flexibility index (Phi) is 5.04. The van der Waals surface area contributed by atoms with Gasteiger partial charge in [0.25, 0.3) is 5.91 Å². The van der Waals surface area contributed by atoms with Crippen molar-refractivity contribution in [2.24, 2.45) is 0 Å². The van der Waals surface area contributed by atoms with Crippen LogP contribution >= 0.6 is 11.6 Å². The molecule has 0 aliphatic carbocycles. The Bertz CT molecular complexity index is 1460. The minimum Gasteiger partial charge on any atom is -0.268 e. The van der Waals surface area contributed by atoms with Crippen molar-refractivity contribution < 1.29 is 13.6 Å². The van der Waals surface area contributed by atoms with Crippen LogP contribution in [-0.4, -0.2) is 15.5 Å². The molecule has 0 radical (unpaired) electrons. The lowest BCUT2D eigenvalue weighted by atomic mass is 10.0. The van der Waals surface area contributed by atoms with E-state index in [2.05, 4.69) is 4.98 Å². The molecule has 4 aromatic carbocycles. The molecule has 5 aromatic rings. The number of hydrogen-bond acceptors (Lipinski definition) is 2. The fraction of sp³-hybridized carbons (Fsp3) is 0. The van der Waals surface area contributed by atoms with Crippen LogP contribution in [0.1, 0.15) is 10.4 Å². The summed E-state index contributed by atoms with van der Waals surface area (Å²) in [6.07, 6.45) is 0. The molecule has 32 heavy (non-hydrogen) atoms. The van der Waals surface area contributed by atoms with Gasteiger partial charge in [0.05, 0.1) is 11.0 Å². The number of halogens is 3. The predicted molar refractivity (Wildman–Crippen MR) is 122 cm³/mol. The normalized spacial score (nSPS) is 11.1. The predicted octanol–water partition coefficient (Wildman–Crippen LogP) is 6.99. The second-order valence-electron chi connectivity index (χ2n) is 7.28. The maximum Gasteiger partial charge on any atom is 0.264 e. The third kappa shape index (κ3) is 3.57. The van der Waals surface area contributed by atoms with Crippen LogP contribution in [0.4, 0.5) is 8.78 Å². The summed E-state index contributed by atoms with van der Waals surface area (Å²) in [5.41, 5.74) is 3.85. The van der Waals surface area contributed by atoms with Gasteiger partial charge in [-0.05, 0) is 47.5 Å². The van der Waals surface area contributed by atoms with Crippen molar-refractivity contribution in [3.05, 3.63) is 113 Å². The molecule has 0 unspecified atom stereocenters. The van der Waals surface area contributed by atoms with Crippen molar-refractivity contribution in [3.8, 4) is 22.5 Å². The fourth-order valence-corrected chi connectivity index (χ4v) is 3.82. The lowest BCUT2D eigenvalue weighted by Gasteiger charge is -2.09. The number of benzene rings is 4. The Balaban J connectivity index is 1.66. The van der Waals surface area contributed by atoms with E-state index in [0.29, 0.717) is 27.4 Å². The Morgan fingerprint density at radius 2 is 1.44 bits per heavy atom. The van der Waals surface area contributed by atoms with Crippen LogP contribution in [0.15, 0.2) is 91.0 Å². The molecule has 0 saturated carbocycles. The monoisotopic (exact) mass is 444 g/mol. The first-order chi connectivity index (χ1) is 15.5. The fourth-order valence-electron chi connectivity index (χ4n) is 3.65. The number of fused-ring (bicyclic) bond motifs is 1. The van der Waals surface area contributed by atoms with E-state index in [1.54, 1.807) is 18.2 Å². The molecule has 0 atom stereocenters. The van der Waals surface area contributed by atoms with Gasteiger partial charge in [0.15, 0.2) is 11.6 Å². The zero-order valence-electron chi connectivity index (χ0n) is 16.6. The molecule has 0 bridgehead atoms. The largest absolute Gasteiger partial charge is 0.268 e. The Morgan fingerprint density at radius 1 is 0.750 bits per heavy atom. The molecule has 6 heteroatoms. The summed E-state index contributed by atoms with van der Waals surface area (Å²) in [5.74, 6) is -2.23. The van der Waals surface area contributed by atoms with E-state index in [-0.39, 0.29) is 5.56 Å². The van der Waals surface area contributed by atoms with Gasteiger partial charge in [0.2, 0.25) is 0 Å². The van der Waals surface area contributed by atoms with E-state index in [1.165, 1.54) is 10.6 Å². The van der Waals surface area contributed by atoms with Crippen LogP contribution in [0.25, 0.3) is 33.5 Å². The van der Waals surface area contributed by atoms with Gasteiger partial charge in [0.1, 0.15) is 5.82 Å². The van der Waals surface area contributed by atoms with Crippen LogP contribution in [0.3, 0.4) is 0 Å². The summed E-state index contributed by atoms with van der Waals surface area (Å²) in [5, 5.41) is 0.480. The summed E-state index contributed by atoms with van der Waals surface area (Å²) in [7, 11) is 0. The molecule has 0 amide bonds. The van der Waals surface area contributed by atoms with Crippen LogP contribution in [0.5, 0.6) is 0 Å². The Labute approximate surface area is 187 Å². The summed E-state index contributed by atoms with van der Waals surface area (Å²) < 4.78 is 28.6. The van der Waals surface area contributed by atoms with Gasteiger partial charge < -0.3 is 0 Å². The topological polar surface area (TPSA) is 34.9 Å². The molecule has 3 nitrogen and oxygen atoms in total. The summed E-state index contributed by atoms with van der Waals surface area (Å²) >= 11 is 6.12. The standard InChI is InChI=1S/C26H15ClF2N2O/c27-20-11-13-24-23(15-20)30-25(31(24)26(32)19-10-12-21(28)22(29)14-19)18-8-6-17(7-9-18)16-4-2-1-3-5-16/h1-15H. The van der Waals surface area contributed by atoms with Gasteiger partial charge in [-0.1, -0.05) is 66.2 Å². The van der Waals surface area contributed by atoms with Gasteiger partial charge in [-0.25, -0.2) is 13.8 Å². The highest BCUT2D eigenvalue weighted by atomic mass is 35.5. The first-order valence-corrected chi connectivity index (χ1v) is 10.2. The number of carbonyl (C=O) groups excluding carboxylic acids is 1. The molecule has 0 aliphatic rings. The molecule has 0 spiro atoms. The molecule has 1 heterocycles. The van der Waals surface area contributed by atoms with Crippen LogP contribution in [0.2, 0.25) is 5.02 Å². The zero-order valence-corrected chi connectivity index (χ0v) is 17.4. The van der Waals surface area contributed by atoms with Crippen molar-refractivity contribution in [2.45, 2.75) is 0 Å². The minimum atomic E-state index is -1.09. The first-order valence-electron chi connectivity index (χ1n) is 9.85. The SMILES string of the molecule is O=C(c1ccc(F)c(F)c1)n1c(-c2ccc(-c3ccccc3)cc2)nc2cc(Cl)ccc21. The number of carbonyl (C=O) groups is 1. The van der Waals surface area contributed by atoms with Crippen molar-refractivity contribution in [1.29, 1.82) is 0 Å². The van der Waals surface area contributed by atoms with Gasteiger partial charge in [-0.2, -0.15) is 0 Å². The Morgan fingerprint density at radius 3 is 2.16 bits per heavy atom. The second kappa shape index (κ2) is 8.02. The number of imidazole rings is 1. The molecule has 0 N–H and O–H groups in total. The smallest absolute Gasteiger partial charge is 0.264 e. The molecule has 0 fully saturated rings. The van der Waals surface area contributed by atoms with E-state index in [0.717, 1.165) is 23.3 Å². The lowest BCUT2D eigenvalue weighted by molar-refractivity contribution is 0.0965. The number of hydrogen-bond donors (Lipinski definition) is 0. The van der Waals surface area contributed by atoms with E-state index in [4.69, 9.17) is 11.6 Å². The van der Waals surface area contributed by atoms with E-state index >= 15 is 0 Å². The van der Waals surface area contributed by atoms with E-state index < -0.39 is 17.5 Å². The van der Waals surface area contributed by atoms with Crippen LogP contribution < -0.4 is 0 Å². The molecule has 0 saturated heterocycles. The molecule has 156 valence electrons. The van der Waals surface area contributed by atoms with Crippen LogP contribution in [-0.2, 0) is 0 Å². The third-order valence-corrected chi connectivity index (χ3v) is 5.47. The minimum absolute atomic E-state index is 0.0142. The molecule has 1 aromatic heterocycles. The number of nitrogens with zero attached hydrogens (tertiary/aromatic N) is 2. The highest BCUT2D eigenvalue weighted by Gasteiger charge is 2.21. The van der Waals surface area contributed by atoms with Gasteiger partial charge >= 0.3 is 0 Å². The number of rotatable bonds is 3. The molecule has 0 aliphatic heterocycles. The maximum atomic E-state index is 13.8. The second-order valence-corrected chi connectivity index (χ2v) is 7.72. The molecular formula is C26H15ClF2N2O. The lowest BCUT2D eigenvalue weighted by Crippen LogP contribution is -2.14. The first kappa shape index (κ1) is 20.1. The van der Waals surface area contributed by atoms with Gasteiger partial charge in [0, 0.05) is 16.1 Å². The van der Waals surface area contributed by atoms with Gasteiger partial charge in [-0.3, -0.25) is 9.36 Å². The number of aromatic nitrogens is 2. The van der Waals surface area contributed by atoms with E-state index in [1.807, 2.05) is 54.6 Å². The maximum absolute atomic E-state index is 13.8. The third-order valence-electron chi connectivity index (χ3n) is 5.24. The quantitative estimate of drug-likeness (QED) is 0.300. The van der Waals surface area contributed by atoms with Crippen LogP contribution in [0, 0.1) is 11.6 Å². The Hall–Kier alpha value is -3.83. The molecular weight excluding hydrogens is 430 g/mol. The summed E-state index contributed by atoms with van der Waals surface area (Å²) in [6.45, 7) is 0. The summed E-state index contributed by atoms with van der Waals surface area (Å²) in [6, 6.07) is 25.6.